The second-order valence-corrected chi connectivity index (χ2v) is 5.39. The van der Waals surface area contributed by atoms with Gasteiger partial charge in [0.1, 0.15) is 5.75 Å². The van der Waals surface area contributed by atoms with Gasteiger partial charge in [-0.2, -0.15) is 0 Å². The lowest BCUT2D eigenvalue weighted by molar-refractivity contribution is -0.136. The van der Waals surface area contributed by atoms with E-state index in [-0.39, 0.29) is 25.2 Å². The molecule has 1 rings (SSSR count). The SMILES string of the molecule is CCC(CC)N(CCO)C(=O)COc1ccc(Cl)c(C)c1. The molecule has 118 valence electrons. The van der Waals surface area contributed by atoms with Crippen LogP contribution in [0.5, 0.6) is 5.75 Å². The van der Waals surface area contributed by atoms with Crippen LogP contribution in [-0.2, 0) is 4.79 Å². The Labute approximate surface area is 131 Å². The maximum Gasteiger partial charge on any atom is 0.260 e. The highest BCUT2D eigenvalue weighted by atomic mass is 35.5. The molecule has 0 heterocycles. The van der Waals surface area contributed by atoms with Crippen LogP contribution in [0.25, 0.3) is 0 Å². The summed E-state index contributed by atoms with van der Waals surface area (Å²) in [6.45, 7) is 6.23. The van der Waals surface area contributed by atoms with E-state index in [4.69, 9.17) is 21.4 Å². The van der Waals surface area contributed by atoms with Gasteiger partial charge in [-0.15, -0.1) is 0 Å². The third-order valence-corrected chi connectivity index (χ3v) is 3.96. The van der Waals surface area contributed by atoms with Gasteiger partial charge in [0.15, 0.2) is 6.61 Å². The van der Waals surface area contributed by atoms with E-state index in [1.807, 2.05) is 26.8 Å². The Bertz CT molecular complexity index is 461. The minimum absolute atomic E-state index is 0.0302. The molecule has 0 saturated carbocycles. The number of benzene rings is 1. The van der Waals surface area contributed by atoms with Gasteiger partial charge < -0.3 is 14.7 Å². The standard InChI is InChI=1S/C16H24ClNO3/c1-4-13(5-2)18(8-9-19)16(20)11-21-14-6-7-15(17)12(3)10-14/h6-7,10,13,19H,4-5,8-9,11H2,1-3H3. The van der Waals surface area contributed by atoms with Gasteiger partial charge in [0, 0.05) is 17.6 Å². The molecule has 0 aromatic heterocycles. The van der Waals surface area contributed by atoms with Crippen molar-refractivity contribution in [1.29, 1.82) is 0 Å². The van der Waals surface area contributed by atoms with E-state index in [2.05, 4.69) is 0 Å². The van der Waals surface area contributed by atoms with Gasteiger partial charge in [-0.1, -0.05) is 25.4 Å². The molecule has 0 unspecified atom stereocenters. The van der Waals surface area contributed by atoms with Crippen LogP contribution in [-0.4, -0.2) is 41.7 Å². The molecule has 5 heteroatoms. The van der Waals surface area contributed by atoms with Crippen molar-refractivity contribution in [2.45, 2.75) is 39.7 Å². The van der Waals surface area contributed by atoms with Gasteiger partial charge in [-0.25, -0.2) is 0 Å². The highest BCUT2D eigenvalue weighted by molar-refractivity contribution is 6.31. The normalized spacial score (nSPS) is 10.8. The second kappa shape index (κ2) is 8.90. The number of amides is 1. The molecule has 0 aliphatic rings. The number of carbonyl (C=O) groups is 1. The minimum Gasteiger partial charge on any atom is -0.484 e. The summed E-state index contributed by atoms with van der Waals surface area (Å²) in [4.78, 5) is 14.0. The summed E-state index contributed by atoms with van der Waals surface area (Å²) >= 11 is 5.96. The van der Waals surface area contributed by atoms with Crippen LogP contribution >= 0.6 is 11.6 Å². The van der Waals surface area contributed by atoms with Crippen molar-refractivity contribution in [2.24, 2.45) is 0 Å². The maximum absolute atomic E-state index is 12.3. The predicted octanol–water partition coefficient (Wildman–Crippen LogP) is 3.04. The number of nitrogens with zero attached hydrogens (tertiary/aromatic N) is 1. The van der Waals surface area contributed by atoms with Crippen LogP contribution in [0.4, 0.5) is 0 Å². The van der Waals surface area contributed by atoms with Crippen molar-refractivity contribution in [2.75, 3.05) is 19.8 Å². The van der Waals surface area contributed by atoms with E-state index in [0.29, 0.717) is 17.3 Å². The van der Waals surface area contributed by atoms with Crippen molar-refractivity contribution < 1.29 is 14.6 Å². The smallest absolute Gasteiger partial charge is 0.260 e. The highest BCUT2D eigenvalue weighted by Gasteiger charge is 2.20. The number of ether oxygens (including phenoxy) is 1. The number of rotatable bonds is 8. The van der Waals surface area contributed by atoms with E-state index in [0.717, 1.165) is 18.4 Å². The van der Waals surface area contributed by atoms with Crippen molar-refractivity contribution in [3.05, 3.63) is 28.8 Å². The van der Waals surface area contributed by atoms with Gasteiger partial charge >= 0.3 is 0 Å². The Kier molecular flexibility index (Phi) is 7.54. The molecule has 0 aliphatic carbocycles. The van der Waals surface area contributed by atoms with E-state index < -0.39 is 0 Å². The first kappa shape index (κ1) is 17.8. The molecule has 0 radical (unpaired) electrons. The first-order valence-electron chi connectivity index (χ1n) is 7.32. The molecule has 0 atom stereocenters. The Morgan fingerprint density at radius 1 is 1.38 bits per heavy atom. The Morgan fingerprint density at radius 2 is 2.05 bits per heavy atom. The zero-order valence-electron chi connectivity index (χ0n) is 12.9. The topological polar surface area (TPSA) is 49.8 Å². The van der Waals surface area contributed by atoms with Gasteiger partial charge in [-0.3, -0.25) is 4.79 Å². The summed E-state index contributed by atoms with van der Waals surface area (Å²) in [5, 5.41) is 9.80. The molecular formula is C16H24ClNO3. The summed E-state index contributed by atoms with van der Waals surface area (Å²) in [6.07, 6.45) is 1.73. The summed E-state index contributed by atoms with van der Waals surface area (Å²) in [7, 11) is 0. The molecule has 0 spiro atoms. The maximum atomic E-state index is 12.3. The second-order valence-electron chi connectivity index (χ2n) is 4.98. The minimum atomic E-state index is -0.106. The first-order chi connectivity index (χ1) is 10.0. The Morgan fingerprint density at radius 3 is 2.57 bits per heavy atom. The fourth-order valence-electron chi connectivity index (χ4n) is 2.28. The average molecular weight is 314 g/mol. The number of hydrogen-bond acceptors (Lipinski definition) is 3. The molecule has 21 heavy (non-hydrogen) atoms. The molecule has 1 aromatic rings. The zero-order valence-corrected chi connectivity index (χ0v) is 13.7. The van der Waals surface area contributed by atoms with E-state index >= 15 is 0 Å². The molecule has 0 aliphatic heterocycles. The highest BCUT2D eigenvalue weighted by Crippen LogP contribution is 2.21. The Hall–Kier alpha value is -1.26. The zero-order chi connectivity index (χ0) is 15.8. The lowest BCUT2D eigenvalue weighted by Gasteiger charge is -2.30. The molecule has 0 fully saturated rings. The van der Waals surface area contributed by atoms with E-state index in [1.165, 1.54) is 0 Å². The third kappa shape index (κ3) is 5.21. The fourth-order valence-corrected chi connectivity index (χ4v) is 2.40. The number of aryl methyl sites for hydroxylation is 1. The van der Waals surface area contributed by atoms with Crippen molar-refractivity contribution in [1.82, 2.24) is 4.90 Å². The lowest BCUT2D eigenvalue weighted by atomic mass is 10.1. The predicted molar refractivity (Wildman–Crippen MR) is 84.9 cm³/mol. The number of carbonyl (C=O) groups excluding carboxylic acids is 1. The monoisotopic (exact) mass is 313 g/mol. The number of aliphatic hydroxyl groups is 1. The summed E-state index contributed by atoms with van der Waals surface area (Å²) < 4.78 is 5.54. The Balaban J connectivity index is 2.66. The van der Waals surface area contributed by atoms with Crippen LogP contribution in [0.1, 0.15) is 32.3 Å². The van der Waals surface area contributed by atoms with Gasteiger partial charge in [0.2, 0.25) is 0 Å². The lowest BCUT2D eigenvalue weighted by Crippen LogP contribution is -2.44. The number of halogens is 1. The molecule has 0 bridgehead atoms. The number of aliphatic hydroxyl groups excluding tert-OH is 1. The third-order valence-electron chi connectivity index (χ3n) is 3.54. The van der Waals surface area contributed by atoms with E-state index in [1.54, 1.807) is 17.0 Å². The van der Waals surface area contributed by atoms with Crippen LogP contribution in [0.15, 0.2) is 18.2 Å². The first-order valence-corrected chi connectivity index (χ1v) is 7.70. The quantitative estimate of drug-likeness (QED) is 0.802. The summed E-state index contributed by atoms with van der Waals surface area (Å²) in [5.74, 6) is 0.518. The van der Waals surface area contributed by atoms with Crippen molar-refractivity contribution in [3.63, 3.8) is 0 Å². The number of hydrogen-bond donors (Lipinski definition) is 1. The van der Waals surface area contributed by atoms with Gasteiger partial charge in [0.05, 0.1) is 6.61 Å². The molecule has 1 aromatic carbocycles. The summed E-state index contributed by atoms with van der Waals surface area (Å²) in [6, 6.07) is 5.45. The molecule has 1 N–H and O–H groups in total. The average Bonchev–Trinajstić information content (AvgIpc) is 2.48. The van der Waals surface area contributed by atoms with Crippen LogP contribution in [0.2, 0.25) is 5.02 Å². The summed E-state index contributed by atoms with van der Waals surface area (Å²) in [5.41, 5.74) is 0.911. The fraction of sp³-hybridized carbons (Fsp3) is 0.562. The molecule has 0 saturated heterocycles. The van der Waals surface area contributed by atoms with Gasteiger partial charge in [0.25, 0.3) is 5.91 Å². The largest absolute Gasteiger partial charge is 0.484 e. The van der Waals surface area contributed by atoms with Gasteiger partial charge in [-0.05, 0) is 43.5 Å². The molecule has 4 nitrogen and oxygen atoms in total. The van der Waals surface area contributed by atoms with Crippen LogP contribution in [0.3, 0.4) is 0 Å². The van der Waals surface area contributed by atoms with Crippen LogP contribution < -0.4 is 4.74 Å². The molecule has 1 amide bonds. The molecular weight excluding hydrogens is 290 g/mol. The van der Waals surface area contributed by atoms with Crippen molar-refractivity contribution >= 4 is 17.5 Å². The van der Waals surface area contributed by atoms with Crippen LogP contribution in [0, 0.1) is 6.92 Å². The van der Waals surface area contributed by atoms with E-state index in [9.17, 15) is 4.79 Å². The van der Waals surface area contributed by atoms with Crippen molar-refractivity contribution in [3.8, 4) is 5.75 Å².